The number of aromatic nitrogens is 1. The number of nitrogens with one attached hydrogen (secondary N) is 3. The Hall–Kier alpha value is -2.14. The van der Waals surface area contributed by atoms with Gasteiger partial charge in [-0.25, -0.2) is 0 Å². The summed E-state index contributed by atoms with van der Waals surface area (Å²) in [6.45, 7) is 5.92. The van der Waals surface area contributed by atoms with E-state index in [1.807, 2.05) is 18.2 Å². The molecule has 5 heteroatoms. The van der Waals surface area contributed by atoms with Crippen molar-refractivity contribution < 1.29 is 9.59 Å². The molecule has 2 heterocycles. The summed E-state index contributed by atoms with van der Waals surface area (Å²) >= 11 is 0. The third-order valence-corrected chi connectivity index (χ3v) is 6.92. The second-order valence-electron chi connectivity index (χ2n) is 9.32. The van der Waals surface area contributed by atoms with Crippen molar-refractivity contribution in [1.82, 2.24) is 15.6 Å². The standard InChI is InChI=1S/C22H27N3O2/c1-21(2)12-22(7-3-8-22)17-15-10-13(20(27)24-14-6-9-23-11-14)4-5-16(15)25-18(17)19(21)26/h4-5,10,14,23,25H,3,6-9,11-12H2,1-2H3,(H,24,27). The Balaban J connectivity index is 1.59. The van der Waals surface area contributed by atoms with E-state index in [2.05, 4.69) is 29.5 Å². The highest BCUT2D eigenvalue weighted by Gasteiger charge is 2.52. The van der Waals surface area contributed by atoms with Gasteiger partial charge in [0.25, 0.3) is 5.91 Å². The number of ketones is 1. The fourth-order valence-electron chi connectivity index (χ4n) is 5.48. The number of hydrogen-bond acceptors (Lipinski definition) is 3. The summed E-state index contributed by atoms with van der Waals surface area (Å²) in [6.07, 6.45) is 5.36. The van der Waals surface area contributed by atoms with Crippen molar-refractivity contribution in [3.8, 4) is 0 Å². The van der Waals surface area contributed by atoms with Gasteiger partial charge in [-0.2, -0.15) is 0 Å². The number of aromatic amines is 1. The van der Waals surface area contributed by atoms with Crippen LogP contribution >= 0.6 is 0 Å². The molecule has 1 saturated carbocycles. The lowest BCUT2D eigenvalue weighted by Crippen LogP contribution is -2.46. The second-order valence-corrected chi connectivity index (χ2v) is 9.32. The SMILES string of the molecule is CC1(C)CC2(CCC2)c2c([nH]c3ccc(C(=O)NC4CCNC4)cc23)C1=O. The average molecular weight is 365 g/mol. The van der Waals surface area contributed by atoms with Gasteiger partial charge in [-0.3, -0.25) is 9.59 Å². The van der Waals surface area contributed by atoms with Gasteiger partial charge < -0.3 is 15.6 Å². The summed E-state index contributed by atoms with van der Waals surface area (Å²) in [6, 6.07) is 6.02. The van der Waals surface area contributed by atoms with Gasteiger partial charge in [-0.05, 0) is 61.4 Å². The van der Waals surface area contributed by atoms with Gasteiger partial charge in [0.2, 0.25) is 0 Å². The molecule has 1 aliphatic heterocycles. The van der Waals surface area contributed by atoms with E-state index in [0.717, 1.165) is 55.4 Å². The predicted octanol–water partition coefficient (Wildman–Crippen LogP) is 3.29. The lowest BCUT2D eigenvalue weighted by Gasteiger charge is -2.50. The molecule has 2 aliphatic carbocycles. The molecule has 3 N–H and O–H groups in total. The Labute approximate surface area is 159 Å². The molecule has 0 radical (unpaired) electrons. The normalized spacial score (nSPS) is 25.4. The van der Waals surface area contributed by atoms with Gasteiger partial charge in [0.1, 0.15) is 0 Å². The van der Waals surface area contributed by atoms with E-state index < -0.39 is 0 Å². The highest BCUT2D eigenvalue weighted by Crippen LogP contribution is 2.57. The summed E-state index contributed by atoms with van der Waals surface area (Å²) in [4.78, 5) is 29.2. The Morgan fingerprint density at radius 1 is 1.26 bits per heavy atom. The molecule has 1 aromatic carbocycles. The first kappa shape index (κ1) is 17.0. The van der Waals surface area contributed by atoms with Crippen LogP contribution in [0.4, 0.5) is 0 Å². The van der Waals surface area contributed by atoms with Gasteiger partial charge in [0, 0.05) is 34.5 Å². The van der Waals surface area contributed by atoms with Gasteiger partial charge >= 0.3 is 0 Å². The molecule has 27 heavy (non-hydrogen) atoms. The molecule has 1 saturated heterocycles. The number of amides is 1. The van der Waals surface area contributed by atoms with Crippen LogP contribution in [0.25, 0.3) is 10.9 Å². The fourth-order valence-corrected chi connectivity index (χ4v) is 5.48. The second kappa shape index (κ2) is 5.68. The number of benzene rings is 1. The number of fused-ring (bicyclic) bond motifs is 4. The molecule has 5 rings (SSSR count). The predicted molar refractivity (Wildman–Crippen MR) is 105 cm³/mol. The van der Waals surface area contributed by atoms with Crippen molar-refractivity contribution in [2.24, 2.45) is 5.41 Å². The zero-order valence-electron chi connectivity index (χ0n) is 16.1. The maximum absolute atomic E-state index is 13.1. The van der Waals surface area contributed by atoms with Crippen LogP contribution in [0.2, 0.25) is 0 Å². The molecular weight excluding hydrogens is 338 g/mol. The zero-order valence-corrected chi connectivity index (χ0v) is 16.1. The Kier molecular flexibility index (Phi) is 3.57. The smallest absolute Gasteiger partial charge is 0.251 e. The Bertz CT molecular complexity index is 946. The molecule has 1 unspecified atom stereocenters. The van der Waals surface area contributed by atoms with E-state index in [9.17, 15) is 9.59 Å². The van der Waals surface area contributed by atoms with Crippen molar-refractivity contribution in [2.45, 2.75) is 57.4 Å². The number of H-pyrrole nitrogens is 1. The quantitative estimate of drug-likeness (QED) is 0.764. The van der Waals surface area contributed by atoms with Crippen LogP contribution < -0.4 is 10.6 Å². The number of rotatable bonds is 2. The molecule has 142 valence electrons. The minimum Gasteiger partial charge on any atom is -0.352 e. The van der Waals surface area contributed by atoms with Gasteiger partial charge in [0.05, 0.1) is 5.69 Å². The molecule has 1 aromatic heterocycles. The topological polar surface area (TPSA) is 74.0 Å². The Morgan fingerprint density at radius 3 is 2.74 bits per heavy atom. The van der Waals surface area contributed by atoms with Crippen LogP contribution in [0.5, 0.6) is 0 Å². The summed E-state index contributed by atoms with van der Waals surface area (Å²) in [5.74, 6) is 0.180. The van der Waals surface area contributed by atoms with E-state index in [4.69, 9.17) is 0 Å². The largest absolute Gasteiger partial charge is 0.352 e. The monoisotopic (exact) mass is 365 g/mol. The number of carbonyl (C=O) groups is 2. The van der Waals surface area contributed by atoms with Gasteiger partial charge in [-0.1, -0.05) is 20.3 Å². The lowest BCUT2D eigenvalue weighted by molar-refractivity contribution is 0.0659. The van der Waals surface area contributed by atoms with Crippen LogP contribution in [0, 0.1) is 5.41 Å². The van der Waals surface area contributed by atoms with Crippen LogP contribution in [0.3, 0.4) is 0 Å². The first-order chi connectivity index (χ1) is 12.9. The molecule has 0 bridgehead atoms. The molecule has 1 spiro atoms. The number of carbonyl (C=O) groups excluding carboxylic acids is 2. The molecule has 1 amide bonds. The maximum atomic E-state index is 13.1. The minimum absolute atomic E-state index is 0.0225. The van der Waals surface area contributed by atoms with Crippen LogP contribution in [-0.4, -0.2) is 35.8 Å². The Morgan fingerprint density at radius 2 is 2.07 bits per heavy atom. The van der Waals surface area contributed by atoms with Crippen LogP contribution in [0.15, 0.2) is 18.2 Å². The summed E-state index contributed by atoms with van der Waals surface area (Å²) in [7, 11) is 0. The summed E-state index contributed by atoms with van der Waals surface area (Å²) < 4.78 is 0. The minimum atomic E-state index is -0.329. The molecule has 2 aromatic rings. The molecule has 3 aliphatic rings. The zero-order chi connectivity index (χ0) is 18.8. The average Bonchev–Trinajstić information content (AvgIpc) is 3.23. The fraction of sp³-hybridized carbons (Fsp3) is 0.545. The van der Waals surface area contributed by atoms with Crippen molar-refractivity contribution in [1.29, 1.82) is 0 Å². The van der Waals surface area contributed by atoms with Crippen molar-refractivity contribution in [3.05, 3.63) is 35.0 Å². The van der Waals surface area contributed by atoms with Crippen molar-refractivity contribution >= 4 is 22.6 Å². The third kappa shape index (κ3) is 2.48. The van der Waals surface area contributed by atoms with E-state index in [1.165, 1.54) is 12.0 Å². The van der Waals surface area contributed by atoms with E-state index >= 15 is 0 Å². The number of hydrogen-bond donors (Lipinski definition) is 3. The third-order valence-electron chi connectivity index (χ3n) is 6.92. The van der Waals surface area contributed by atoms with Gasteiger partial charge in [0.15, 0.2) is 5.78 Å². The first-order valence-electron chi connectivity index (χ1n) is 10.1. The highest BCUT2D eigenvalue weighted by molar-refractivity contribution is 6.08. The van der Waals surface area contributed by atoms with E-state index in [1.54, 1.807) is 0 Å². The van der Waals surface area contributed by atoms with Crippen molar-refractivity contribution in [2.75, 3.05) is 13.1 Å². The summed E-state index contributed by atoms with van der Waals surface area (Å²) in [5, 5.41) is 7.46. The molecule has 2 fully saturated rings. The molecule has 5 nitrogen and oxygen atoms in total. The van der Waals surface area contributed by atoms with Crippen LogP contribution in [-0.2, 0) is 5.41 Å². The maximum Gasteiger partial charge on any atom is 0.251 e. The number of Topliss-reactive ketones (excluding diaryl/α,β-unsaturated/α-hetero) is 1. The molecular formula is C22H27N3O2. The molecule has 1 atom stereocenters. The lowest BCUT2D eigenvalue weighted by atomic mass is 9.53. The first-order valence-corrected chi connectivity index (χ1v) is 10.1. The highest BCUT2D eigenvalue weighted by atomic mass is 16.1. The van der Waals surface area contributed by atoms with E-state index in [0.29, 0.717) is 5.56 Å². The summed E-state index contributed by atoms with van der Waals surface area (Å²) in [5.41, 5.74) is 3.36. The van der Waals surface area contributed by atoms with E-state index in [-0.39, 0.29) is 28.6 Å². The van der Waals surface area contributed by atoms with Crippen LogP contribution in [0.1, 0.15) is 72.4 Å². The van der Waals surface area contributed by atoms with Crippen molar-refractivity contribution in [3.63, 3.8) is 0 Å². The van der Waals surface area contributed by atoms with Gasteiger partial charge in [-0.15, -0.1) is 0 Å².